The molecule has 1 aromatic heterocycles. The first-order valence-electron chi connectivity index (χ1n) is 9.39. The lowest BCUT2D eigenvalue weighted by Gasteiger charge is -2.32. The molecule has 0 bridgehead atoms. The Kier molecular flexibility index (Phi) is 5.78. The molecule has 3 rings (SSSR count). The summed E-state index contributed by atoms with van der Waals surface area (Å²) in [5, 5.41) is 13.6. The van der Waals surface area contributed by atoms with Crippen LogP contribution >= 0.6 is 0 Å². The number of hydrogen-bond donors (Lipinski definition) is 2. The molecule has 25 heavy (non-hydrogen) atoms. The van der Waals surface area contributed by atoms with E-state index in [0.717, 1.165) is 25.7 Å². The van der Waals surface area contributed by atoms with Gasteiger partial charge in [-0.25, -0.2) is 0 Å². The first kappa shape index (κ1) is 18.0. The van der Waals surface area contributed by atoms with Gasteiger partial charge in [-0.15, -0.1) is 0 Å². The molecule has 0 spiro atoms. The molecule has 1 aliphatic heterocycles. The van der Waals surface area contributed by atoms with E-state index in [0.29, 0.717) is 38.0 Å². The molecule has 1 aliphatic carbocycles. The molecule has 2 N–H and O–H groups in total. The van der Waals surface area contributed by atoms with Gasteiger partial charge < -0.3 is 19.7 Å². The molecule has 0 aromatic carbocycles. The average molecular weight is 348 g/mol. The summed E-state index contributed by atoms with van der Waals surface area (Å²) in [6.45, 7) is 1.50. The molecule has 1 aromatic rings. The van der Waals surface area contributed by atoms with Crippen molar-refractivity contribution in [1.29, 1.82) is 0 Å². The van der Waals surface area contributed by atoms with Crippen LogP contribution in [0.1, 0.15) is 61.7 Å². The van der Waals surface area contributed by atoms with Crippen molar-refractivity contribution in [2.75, 3.05) is 19.6 Å². The standard InChI is InChI=1S/C19H28N2O4/c22-17(20-14-19(24)8-3-1-2-4-9-19)15-5-10-21(11-6-15)18(23)16-7-12-25-13-16/h7,12-13,15,24H,1-6,8-11,14H2,(H,20,22). The number of hydrogen-bond acceptors (Lipinski definition) is 4. The highest BCUT2D eigenvalue weighted by Crippen LogP contribution is 2.27. The van der Waals surface area contributed by atoms with Crippen LogP contribution in [-0.2, 0) is 4.79 Å². The Labute approximate surface area is 148 Å². The number of aliphatic hydroxyl groups is 1. The number of furan rings is 1. The fourth-order valence-electron chi connectivity index (χ4n) is 3.87. The van der Waals surface area contributed by atoms with Gasteiger partial charge in [0.25, 0.3) is 5.91 Å². The summed E-state index contributed by atoms with van der Waals surface area (Å²) < 4.78 is 4.96. The number of amides is 2. The van der Waals surface area contributed by atoms with E-state index in [1.54, 1.807) is 11.0 Å². The highest BCUT2D eigenvalue weighted by atomic mass is 16.3. The van der Waals surface area contributed by atoms with Gasteiger partial charge in [0.15, 0.2) is 0 Å². The van der Waals surface area contributed by atoms with Crippen LogP contribution in [0.15, 0.2) is 23.0 Å². The van der Waals surface area contributed by atoms with Gasteiger partial charge in [-0.05, 0) is 31.7 Å². The molecule has 6 heteroatoms. The van der Waals surface area contributed by atoms with Gasteiger partial charge in [-0.1, -0.05) is 25.7 Å². The molecular formula is C19H28N2O4. The highest BCUT2D eigenvalue weighted by molar-refractivity contribution is 5.94. The fourth-order valence-corrected chi connectivity index (χ4v) is 3.87. The maximum absolute atomic E-state index is 12.4. The number of rotatable bonds is 4. The van der Waals surface area contributed by atoms with Crippen molar-refractivity contribution in [3.8, 4) is 0 Å². The SMILES string of the molecule is O=C(NCC1(O)CCCCCC1)C1CCN(C(=O)c2ccoc2)CC1. The Morgan fingerprint density at radius 2 is 1.88 bits per heavy atom. The quantitative estimate of drug-likeness (QED) is 0.818. The summed E-state index contributed by atoms with van der Waals surface area (Å²) in [4.78, 5) is 26.5. The largest absolute Gasteiger partial charge is 0.472 e. The number of piperidine rings is 1. The van der Waals surface area contributed by atoms with Gasteiger partial charge in [0.05, 0.1) is 17.4 Å². The van der Waals surface area contributed by atoms with Crippen molar-refractivity contribution < 1.29 is 19.1 Å². The van der Waals surface area contributed by atoms with E-state index in [2.05, 4.69) is 5.32 Å². The smallest absolute Gasteiger partial charge is 0.257 e. The minimum Gasteiger partial charge on any atom is -0.472 e. The summed E-state index contributed by atoms with van der Waals surface area (Å²) >= 11 is 0. The summed E-state index contributed by atoms with van der Waals surface area (Å²) in [6, 6.07) is 1.66. The molecule has 2 heterocycles. The van der Waals surface area contributed by atoms with Gasteiger partial charge in [0.2, 0.25) is 5.91 Å². The predicted octanol–water partition coefficient (Wildman–Crippen LogP) is 2.33. The van der Waals surface area contributed by atoms with Gasteiger partial charge in [-0.2, -0.15) is 0 Å². The molecule has 138 valence electrons. The second kappa shape index (κ2) is 8.04. The highest BCUT2D eigenvalue weighted by Gasteiger charge is 2.31. The van der Waals surface area contributed by atoms with Crippen molar-refractivity contribution in [2.24, 2.45) is 5.92 Å². The van der Waals surface area contributed by atoms with E-state index in [1.807, 2.05) is 0 Å². The zero-order valence-corrected chi connectivity index (χ0v) is 14.7. The van der Waals surface area contributed by atoms with Crippen LogP contribution in [0, 0.1) is 5.92 Å². The summed E-state index contributed by atoms with van der Waals surface area (Å²) in [6.07, 6.45) is 10.2. The van der Waals surface area contributed by atoms with Crippen molar-refractivity contribution in [2.45, 2.75) is 57.0 Å². The van der Waals surface area contributed by atoms with E-state index in [9.17, 15) is 14.7 Å². The second-order valence-corrected chi connectivity index (χ2v) is 7.43. The summed E-state index contributed by atoms with van der Waals surface area (Å²) in [5.41, 5.74) is -0.192. The Bertz CT molecular complexity index is 568. The molecule has 0 radical (unpaired) electrons. The average Bonchev–Trinajstić information content (AvgIpc) is 3.08. The number of nitrogens with zero attached hydrogens (tertiary/aromatic N) is 1. The molecule has 2 amide bonds. The molecule has 2 aliphatic rings. The molecule has 1 saturated heterocycles. The normalized spacial score (nSPS) is 21.6. The number of likely N-dealkylation sites (tertiary alicyclic amines) is 1. The second-order valence-electron chi connectivity index (χ2n) is 7.43. The molecular weight excluding hydrogens is 320 g/mol. The van der Waals surface area contributed by atoms with Gasteiger partial charge in [0.1, 0.15) is 6.26 Å². The summed E-state index contributed by atoms with van der Waals surface area (Å²) in [7, 11) is 0. The van der Waals surface area contributed by atoms with Crippen LogP contribution in [0.4, 0.5) is 0 Å². The zero-order chi connectivity index (χ0) is 17.7. The van der Waals surface area contributed by atoms with E-state index in [1.165, 1.54) is 25.4 Å². The zero-order valence-electron chi connectivity index (χ0n) is 14.7. The number of carbonyl (C=O) groups is 2. The first-order valence-corrected chi connectivity index (χ1v) is 9.39. The molecule has 0 atom stereocenters. The lowest BCUT2D eigenvalue weighted by atomic mass is 9.92. The Balaban J connectivity index is 1.44. The van der Waals surface area contributed by atoms with Crippen LogP contribution in [-0.4, -0.2) is 47.1 Å². The van der Waals surface area contributed by atoms with E-state index in [-0.39, 0.29) is 17.7 Å². The maximum Gasteiger partial charge on any atom is 0.257 e. The Morgan fingerprint density at radius 1 is 1.20 bits per heavy atom. The Hall–Kier alpha value is -1.82. The van der Waals surface area contributed by atoms with E-state index < -0.39 is 5.60 Å². The third-order valence-corrected chi connectivity index (χ3v) is 5.55. The van der Waals surface area contributed by atoms with Gasteiger partial charge in [-0.3, -0.25) is 9.59 Å². The summed E-state index contributed by atoms with van der Waals surface area (Å²) in [5.74, 6) is -0.115. The van der Waals surface area contributed by atoms with Gasteiger partial charge in [0, 0.05) is 25.6 Å². The van der Waals surface area contributed by atoms with Crippen molar-refractivity contribution in [3.05, 3.63) is 24.2 Å². The van der Waals surface area contributed by atoms with Crippen LogP contribution < -0.4 is 5.32 Å². The minimum atomic E-state index is -0.746. The molecule has 0 unspecified atom stereocenters. The number of carbonyl (C=O) groups excluding carboxylic acids is 2. The fraction of sp³-hybridized carbons (Fsp3) is 0.684. The van der Waals surface area contributed by atoms with E-state index in [4.69, 9.17) is 4.42 Å². The molecule has 1 saturated carbocycles. The van der Waals surface area contributed by atoms with Crippen LogP contribution in [0.25, 0.3) is 0 Å². The first-order chi connectivity index (χ1) is 12.1. The van der Waals surface area contributed by atoms with Crippen LogP contribution in [0.5, 0.6) is 0 Å². The predicted molar refractivity (Wildman–Crippen MR) is 93.0 cm³/mol. The van der Waals surface area contributed by atoms with Crippen molar-refractivity contribution >= 4 is 11.8 Å². The minimum absolute atomic E-state index is 0.00748. The monoisotopic (exact) mass is 348 g/mol. The third-order valence-electron chi connectivity index (χ3n) is 5.55. The maximum atomic E-state index is 12.4. The van der Waals surface area contributed by atoms with Crippen molar-refractivity contribution in [1.82, 2.24) is 10.2 Å². The Morgan fingerprint density at radius 3 is 2.48 bits per heavy atom. The lowest BCUT2D eigenvalue weighted by Crippen LogP contribution is -2.47. The topological polar surface area (TPSA) is 82.8 Å². The molecule has 2 fully saturated rings. The third kappa shape index (κ3) is 4.63. The van der Waals surface area contributed by atoms with E-state index >= 15 is 0 Å². The lowest BCUT2D eigenvalue weighted by molar-refractivity contribution is -0.127. The van der Waals surface area contributed by atoms with Crippen molar-refractivity contribution in [3.63, 3.8) is 0 Å². The molecule has 6 nitrogen and oxygen atoms in total. The van der Waals surface area contributed by atoms with Crippen LogP contribution in [0.2, 0.25) is 0 Å². The van der Waals surface area contributed by atoms with Gasteiger partial charge >= 0.3 is 0 Å². The number of nitrogens with one attached hydrogen (secondary N) is 1. The van der Waals surface area contributed by atoms with Crippen LogP contribution in [0.3, 0.4) is 0 Å².